The van der Waals surface area contributed by atoms with Crippen LogP contribution in [0.15, 0.2) is 29.8 Å². The molecule has 16 heavy (non-hydrogen) atoms. The molecule has 0 bridgehead atoms. The highest BCUT2D eigenvalue weighted by Crippen LogP contribution is 2.33. The van der Waals surface area contributed by atoms with Crippen LogP contribution in [0.5, 0.6) is 5.75 Å². The van der Waals surface area contributed by atoms with Gasteiger partial charge in [0, 0.05) is 23.8 Å². The van der Waals surface area contributed by atoms with Crippen LogP contribution >= 0.6 is 11.6 Å². The van der Waals surface area contributed by atoms with E-state index in [1.807, 2.05) is 0 Å². The minimum atomic E-state index is -0.0907. The maximum atomic E-state index is 11.6. The van der Waals surface area contributed by atoms with Gasteiger partial charge in [-0.1, -0.05) is 17.7 Å². The Morgan fingerprint density at radius 3 is 3.12 bits per heavy atom. The van der Waals surface area contributed by atoms with Gasteiger partial charge in [-0.15, -0.1) is 0 Å². The Kier molecular flexibility index (Phi) is 3.01. The van der Waals surface area contributed by atoms with Crippen LogP contribution in [0.1, 0.15) is 0 Å². The van der Waals surface area contributed by atoms with Gasteiger partial charge in [-0.3, -0.25) is 4.79 Å². The van der Waals surface area contributed by atoms with E-state index in [0.29, 0.717) is 18.0 Å². The van der Waals surface area contributed by atoms with Crippen molar-refractivity contribution < 1.29 is 9.53 Å². The Bertz CT molecular complexity index is 446. The third kappa shape index (κ3) is 1.97. The van der Waals surface area contributed by atoms with Gasteiger partial charge in [0.1, 0.15) is 5.75 Å². The van der Waals surface area contributed by atoms with Crippen LogP contribution < -0.4 is 15.4 Å². The molecule has 0 radical (unpaired) electrons. The van der Waals surface area contributed by atoms with Crippen LogP contribution in [0.4, 0.5) is 11.4 Å². The van der Waals surface area contributed by atoms with Crippen LogP contribution in [-0.2, 0) is 4.79 Å². The molecular formula is C11H11ClN2O2. The predicted octanol–water partition coefficient (Wildman–Crippen LogP) is 1.75. The van der Waals surface area contributed by atoms with Crippen molar-refractivity contribution in [1.29, 1.82) is 0 Å². The minimum absolute atomic E-state index is 0.0343. The van der Waals surface area contributed by atoms with E-state index in [4.69, 9.17) is 22.1 Å². The van der Waals surface area contributed by atoms with Crippen molar-refractivity contribution in [2.45, 2.75) is 0 Å². The molecular weight excluding hydrogens is 228 g/mol. The smallest absolute Gasteiger partial charge is 0.265 e. The van der Waals surface area contributed by atoms with Crippen molar-refractivity contribution in [2.24, 2.45) is 0 Å². The van der Waals surface area contributed by atoms with E-state index in [-0.39, 0.29) is 12.5 Å². The van der Waals surface area contributed by atoms with Crippen molar-refractivity contribution in [1.82, 2.24) is 0 Å². The van der Waals surface area contributed by atoms with E-state index in [1.165, 1.54) is 5.54 Å². The SMILES string of the molecule is Nc1ccc2c(c1)OCC(=O)N2C/C=C/Cl. The molecule has 4 nitrogen and oxygen atoms in total. The summed E-state index contributed by atoms with van der Waals surface area (Å²) in [7, 11) is 0. The predicted molar refractivity (Wildman–Crippen MR) is 63.7 cm³/mol. The number of nitrogen functional groups attached to an aromatic ring is 1. The first-order valence-corrected chi connectivity index (χ1v) is 5.24. The molecule has 2 rings (SSSR count). The van der Waals surface area contributed by atoms with Crippen molar-refractivity contribution in [3.05, 3.63) is 29.8 Å². The lowest BCUT2D eigenvalue weighted by molar-refractivity contribution is -0.121. The molecule has 2 N–H and O–H groups in total. The lowest BCUT2D eigenvalue weighted by Crippen LogP contribution is -2.38. The van der Waals surface area contributed by atoms with Crippen LogP contribution in [0.3, 0.4) is 0 Å². The zero-order chi connectivity index (χ0) is 11.5. The Labute approximate surface area is 98.2 Å². The number of halogens is 1. The van der Waals surface area contributed by atoms with Gasteiger partial charge in [0.05, 0.1) is 5.69 Å². The molecule has 5 heteroatoms. The molecule has 0 aromatic heterocycles. The normalized spacial score (nSPS) is 15.1. The summed E-state index contributed by atoms with van der Waals surface area (Å²) in [5.41, 5.74) is 8.37. The fourth-order valence-corrected chi connectivity index (χ4v) is 1.65. The second-order valence-corrected chi connectivity index (χ2v) is 3.63. The Balaban J connectivity index is 2.36. The zero-order valence-corrected chi connectivity index (χ0v) is 9.28. The van der Waals surface area contributed by atoms with Crippen molar-refractivity contribution in [3.63, 3.8) is 0 Å². The monoisotopic (exact) mass is 238 g/mol. The molecule has 1 aliphatic rings. The first-order valence-electron chi connectivity index (χ1n) is 4.80. The molecule has 0 fully saturated rings. The van der Waals surface area contributed by atoms with Crippen molar-refractivity contribution in [2.75, 3.05) is 23.8 Å². The maximum absolute atomic E-state index is 11.6. The van der Waals surface area contributed by atoms with E-state index in [9.17, 15) is 4.79 Å². The molecule has 84 valence electrons. The Morgan fingerprint density at radius 2 is 2.38 bits per heavy atom. The van der Waals surface area contributed by atoms with Gasteiger partial charge in [0.15, 0.2) is 6.61 Å². The van der Waals surface area contributed by atoms with Gasteiger partial charge in [-0.05, 0) is 12.1 Å². The van der Waals surface area contributed by atoms with Gasteiger partial charge in [-0.25, -0.2) is 0 Å². The number of ether oxygens (including phenoxy) is 1. The van der Waals surface area contributed by atoms with E-state index in [1.54, 1.807) is 29.2 Å². The Hall–Kier alpha value is -1.68. The average molecular weight is 239 g/mol. The lowest BCUT2D eigenvalue weighted by atomic mass is 10.2. The van der Waals surface area contributed by atoms with Gasteiger partial charge in [0.25, 0.3) is 5.91 Å². The standard InChI is InChI=1S/C11H11ClN2O2/c12-4-1-5-14-9-3-2-8(13)6-10(9)16-7-11(14)15/h1-4,6H,5,7,13H2/b4-1+. The number of rotatable bonds is 2. The number of anilines is 2. The lowest BCUT2D eigenvalue weighted by Gasteiger charge is -2.28. The maximum Gasteiger partial charge on any atom is 0.265 e. The van der Waals surface area contributed by atoms with Gasteiger partial charge >= 0.3 is 0 Å². The molecule has 1 aromatic carbocycles. The number of hydrogen-bond acceptors (Lipinski definition) is 3. The molecule has 1 heterocycles. The molecule has 0 spiro atoms. The molecule has 0 saturated carbocycles. The highest BCUT2D eigenvalue weighted by molar-refractivity contribution is 6.25. The van der Waals surface area contributed by atoms with Crippen molar-refractivity contribution in [3.8, 4) is 5.75 Å². The van der Waals surface area contributed by atoms with Crippen LogP contribution in [0.2, 0.25) is 0 Å². The fourth-order valence-electron chi connectivity index (χ4n) is 1.57. The molecule has 0 atom stereocenters. The van der Waals surface area contributed by atoms with Gasteiger partial charge < -0.3 is 15.4 Å². The number of hydrogen-bond donors (Lipinski definition) is 1. The second kappa shape index (κ2) is 4.45. The summed E-state index contributed by atoms with van der Waals surface area (Å²) >= 11 is 5.45. The van der Waals surface area contributed by atoms with Crippen LogP contribution in [0, 0.1) is 0 Å². The number of nitrogens with two attached hydrogens (primary N) is 1. The zero-order valence-electron chi connectivity index (χ0n) is 8.52. The second-order valence-electron chi connectivity index (χ2n) is 3.38. The van der Waals surface area contributed by atoms with Gasteiger partial charge in [0.2, 0.25) is 0 Å². The minimum Gasteiger partial charge on any atom is -0.481 e. The molecule has 0 unspecified atom stereocenters. The number of benzene rings is 1. The average Bonchev–Trinajstić information content (AvgIpc) is 2.28. The quantitative estimate of drug-likeness (QED) is 0.799. The van der Waals surface area contributed by atoms with Crippen LogP contribution in [-0.4, -0.2) is 19.1 Å². The summed E-state index contributed by atoms with van der Waals surface area (Å²) < 4.78 is 5.30. The van der Waals surface area contributed by atoms with Gasteiger partial charge in [-0.2, -0.15) is 0 Å². The van der Waals surface area contributed by atoms with E-state index >= 15 is 0 Å². The molecule has 1 amide bonds. The molecule has 1 aliphatic heterocycles. The fraction of sp³-hybridized carbons (Fsp3) is 0.182. The summed E-state index contributed by atoms with van der Waals surface area (Å²) in [6.07, 6.45) is 1.70. The first kappa shape index (κ1) is 10.8. The summed E-state index contributed by atoms with van der Waals surface area (Å²) in [5, 5.41) is 0. The highest BCUT2D eigenvalue weighted by atomic mass is 35.5. The summed E-state index contributed by atoms with van der Waals surface area (Å²) in [6.45, 7) is 0.467. The van der Waals surface area contributed by atoms with Crippen molar-refractivity contribution >= 4 is 28.9 Å². The van der Waals surface area contributed by atoms with E-state index in [0.717, 1.165) is 5.69 Å². The number of nitrogens with zero attached hydrogens (tertiary/aromatic N) is 1. The van der Waals surface area contributed by atoms with Crippen LogP contribution in [0.25, 0.3) is 0 Å². The summed E-state index contributed by atoms with van der Waals surface area (Å²) in [5.74, 6) is 0.537. The van der Waals surface area contributed by atoms with E-state index in [2.05, 4.69) is 0 Å². The topological polar surface area (TPSA) is 55.6 Å². The largest absolute Gasteiger partial charge is 0.481 e. The molecule has 1 aromatic rings. The number of amides is 1. The first-order chi connectivity index (χ1) is 7.72. The third-order valence-electron chi connectivity index (χ3n) is 2.30. The number of carbonyl (C=O) groups excluding carboxylic acids is 1. The molecule has 0 saturated heterocycles. The highest BCUT2D eigenvalue weighted by Gasteiger charge is 2.24. The number of fused-ring (bicyclic) bond motifs is 1. The number of carbonyl (C=O) groups is 1. The Morgan fingerprint density at radius 1 is 1.56 bits per heavy atom. The van der Waals surface area contributed by atoms with E-state index < -0.39 is 0 Å². The molecule has 0 aliphatic carbocycles. The summed E-state index contributed by atoms with van der Waals surface area (Å²) in [6, 6.07) is 5.21. The third-order valence-corrected chi connectivity index (χ3v) is 2.48. The summed E-state index contributed by atoms with van der Waals surface area (Å²) in [4.78, 5) is 13.2.